The molecular weight excluding hydrogens is 406 g/mol. The molecule has 0 aliphatic rings. The fourth-order valence-corrected chi connectivity index (χ4v) is 4.39. The number of aromatic amines is 2. The van der Waals surface area contributed by atoms with Gasteiger partial charge in [-0.15, -0.1) is 0 Å². The SMILES string of the molecule is CCCCCCCCCC[S@@](=O)C[C@@H](CO)NC(=O)/C=C\c1c(C)[nH]c(=O)[nH]c1=O. The molecule has 0 saturated carbocycles. The van der Waals surface area contributed by atoms with E-state index in [-0.39, 0.29) is 17.9 Å². The van der Waals surface area contributed by atoms with E-state index in [0.29, 0.717) is 11.4 Å². The van der Waals surface area contributed by atoms with Crippen molar-refractivity contribution >= 4 is 22.8 Å². The Morgan fingerprint density at radius 3 is 2.33 bits per heavy atom. The summed E-state index contributed by atoms with van der Waals surface area (Å²) in [6, 6.07) is -0.619. The predicted octanol–water partition coefficient (Wildman–Crippen LogP) is 1.75. The fraction of sp³-hybridized carbons (Fsp3) is 0.667. The van der Waals surface area contributed by atoms with Crippen LogP contribution < -0.4 is 16.6 Å². The highest BCUT2D eigenvalue weighted by Gasteiger charge is 2.14. The van der Waals surface area contributed by atoms with E-state index in [0.717, 1.165) is 25.3 Å². The Kier molecular flexibility index (Phi) is 12.9. The highest BCUT2D eigenvalue weighted by molar-refractivity contribution is 7.85. The van der Waals surface area contributed by atoms with Gasteiger partial charge in [-0.05, 0) is 19.4 Å². The van der Waals surface area contributed by atoms with E-state index in [9.17, 15) is 23.7 Å². The molecule has 9 heteroatoms. The summed E-state index contributed by atoms with van der Waals surface area (Å²) in [4.78, 5) is 39.6. The average molecular weight is 442 g/mol. The van der Waals surface area contributed by atoms with E-state index in [1.165, 1.54) is 38.2 Å². The van der Waals surface area contributed by atoms with E-state index in [1.54, 1.807) is 6.92 Å². The predicted molar refractivity (Wildman–Crippen MR) is 121 cm³/mol. The second kappa shape index (κ2) is 14.9. The number of hydrogen-bond donors (Lipinski definition) is 4. The normalized spacial score (nSPS) is 13.4. The van der Waals surface area contributed by atoms with Crippen LogP contribution in [0.5, 0.6) is 0 Å². The number of aryl methyl sites for hydroxylation is 1. The standard InChI is InChI=1S/C21H35N3O5S/c1-3-4-5-6-7-8-9-10-13-30(29)15-17(14-25)23-19(26)12-11-18-16(2)22-21(28)24-20(18)27/h11-12,17,25H,3-10,13-15H2,1-2H3,(H,23,26)(H2,22,24,27,28)/b12-11-/t17-,30-/m1/s1. The number of carbonyl (C=O) groups is 1. The Hall–Kier alpha value is -2.00. The number of carbonyl (C=O) groups excluding carboxylic acids is 1. The molecule has 4 N–H and O–H groups in total. The maximum absolute atomic E-state index is 12.2. The molecule has 1 amide bonds. The first kappa shape index (κ1) is 26.0. The molecule has 0 spiro atoms. The Labute approximate surface area is 180 Å². The molecule has 1 aromatic rings. The zero-order valence-electron chi connectivity index (χ0n) is 18.0. The molecule has 0 aliphatic carbocycles. The van der Waals surface area contributed by atoms with Crippen LogP contribution in [0.25, 0.3) is 6.08 Å². The van der Waals surface area contributed by atoms with Gasteiger partial charge in [0.2, 0.25) is 5.91 Å². The molecule has 170 valence electrons. The van der Waals surface area contributed by atoms with Crippen molar-refractivity contribution in [2.24, 2.45) is 0 Å². The van der Waals surface area contributed by atoms with Crippen molar-refractivity contribution in [2.45, 2.75) is 71.3 Å². The maximum atomic E-state index is 12.2. The summed E-state index contributed by atoms with van der Waals surface area (Å²) >= 11 is 0. The van der Waals surface area contributed by atoms with Crippen molar-refractivity contribution in [3.05, 3.63) is 38.2 Å². The largest absolute Gasteiger partial charge is 0.394 e. The summed E-state index contributed by atoms with van der Waals surface area (Å²) in [5.74, 6) is 0.233. The lowest BCUT2D eigenvalue weighted by molar-refractivity contribution is -0.117. The molecule has 0 fully saturated rings. The minimum Gasteiger partial charge on any atom is -0.394 e. The molecule has 0 saturated heterocycles. The summed E-state index contributed by atoms with van der Waals surface area (Å²) in [6.07, 6.45) is 11.8. The number of aliphatic hydroxyl groups excluding tert-OH is 1. The van der Waals surface area contributed by atoms with Crippen molar-refractivity contribution in [3.8, 4) is 0 Å². The number of aliphatic hydroxyl groups is 1. The van der Waals surface area contributed by atoms with E-state index in [2.05, 4.69) is 22.2 Å². The zero-order chi connectivity index (χ0) is 22.4. The molecule has 8 nitrogen and oxygen atoms in total. The van der Waals surface area contributed by atoms with Gasteiger partial charge in [0.25, 0.3) is 5.56 Å². The Morgan fingerprint density at radius 2 is 1.73 bits per heavy atom. The van der Waals surface area contributed by atoms with Gasteiger partial charge in [0.1, 0.15) is 0 Å². The summed E-state index contributed by atoms with van der Waals surface area (Å²) in [6.45, 7) is 3.43. The van der Waals surface area contributed by atoms with Crippen molar-refractivity contribution in [3.63, 3.8) is 0 Å². The van der Waals surface area contributed by atoms with Crippen LogP contribution in [-0.2, 0) is 15.6 Å². The first-order valence-corrected chi connectivity index (χ1v) is 12.1. The van der Waals surface area contributed by atoms with Crippen LogP contribution in [0.15, 0.2) is 15.7 Å². The van der Waals surface area contributed by atoms with Crippen LogP contribution in [0, 0.1) is 6.92 Å². The smallest absolute Gasteiger partial charge is 0.325 e. The third kappa shape index (κ3) is 10.7. The van der Waals surface area contributed by atoms with E-state index in [4.69, 9.17) is 0 Å². The van der Waals surface area contributed by atoms with E-state index in [1.807, 2.05) is 0 Å². The highest BCUT2D eigenvalue weighted by atomic mass is 32.2. The maximum Gasteiger partial charge on any atom is 0.325 e. The Bertz CT molecular complexity index is 816. The van der Waals surface area contributed by atoms with Crippen LogP contribution in [0.3, 0.4) is 0 Å². The first-order chi connectivity index (χ1) is 14.4. The topological polar surface area (TPSA) is 132 Å². The molecule has 0 aromatic carbocycles. The molecule has 1 rings (SSSR count). The van der Waals surface area contributed by atoms with Crippen molar-refractivity contribution < 1.29 is 14.1 Å². The summed E-state index contributed by atoms with van der Waals surface area (Å²) < 4.78 is 12.2. The van der Waals surface area contributed by atoms with Gasteiger partial charge >= 0.3 is 5.69 Å². The second-order valence-corrected chi connectivity index (χ2v) is 9.08. The van der Waals surface area contributed by atoms with Crippen LogP contribution in [0.1, 0.15) is 69.5 Å². The zero-order valence-corrected chi connectivity index (χ0v) is 18.8. The number of aromatic nitrogens is 2. The van der Waals surface area contributed by atoms with Gasteiger partial charge in [-0.3, -0.25) is 18.8 Å². The third-order valence-corrected chi connectivity index (χ3v) is 6.28. The summed E-state index contributed by atoms with van der Waals surface area (Å²) in [5.41, 5.74) is -0.689. The number of H-pyrrole nitrogens is 2. The van der Waals surface area contributed by atoms with Crippen molar-refractivity contribution in [1.29, 1.82) is 0 Å². The van der Waals surface area contributed by atoms with Gasteiger partial charge in [0, 0.05) is 34.1 Å². The number of amides is 1. The molecule has 1 aromatic heterocycles. The lowest BCUT2D eigenvalue weighted by atomic mass is 10.1. The Balaban J connectivity index is 2.37. The Morgan fingerprint density at radius 1 is 1.10 bits per heavy atom. The van der Waals surface area contributed by atoms with Crippen molar-refractivity contribution in [2.75, 3.05) is 18.1 Å². The third-order valence-electron chi connectivity index (χ3n) is 4.76. The van der Waals surface area contributed by atoms with Crippen molar-refractivity contribution in [1.82, 2.24) is 15.3 Å². The van der Waals surface area contributed by atoms with Gasteiger partial charge in [-0.1, -0.05) is 51.9 Å². The molecule has 0 bridgehead atoms. The van der Waals surface area contributed by atoms with Crippen LogP contribution in [0.2, 0.25) is 0 Å². The lowest BCUT2D eigenvalue weighted by Crippen LogP contribution is -2.40. The quantitative estimate of drug-likeness (QED) is 0.243. The van der Waals surface area contributed by atoms with E-state index < -0.39 is 34.0 Å². The molecule has 2 atom stereocenters. The molecule has 0 unspecified atom stereocenters. The highest BCUT2D eigenvalue weighted by Crippen LogP contribution is 2.09. The summed E-state index contributed by atoms with van der Waals surface area (Å²) in [7, 11) is -1.12. The van der Waals surface area contributed by atoms with Gasteiger partial charge in [0.05, 0.1) is 18.2 Å². The molecule has 0 aliphatic heterocycles. The van der Waals surface area contributed by atoms with Gasteiger partial charge in [-0.2, -0.15) is 0 Å². The van der Waals surface area contributed by atoms with Gasteiger partial charge < -0.3 is 15.4 Å². The number of hydrogen-bond acceptors (Lipinski definition) is 5. The lowest BCUT2D eigenvalue weighted by Gasteiger charge is -2.14. The number of unbranched alkanes of at least 4 members (excludes halogenated alkanes) is 7. The molecular formula is C21H35N3O5S. The van der Waals surface area contributed by atoms with Crippen LogP contribution in [0.4, 0.5) is 0 Å². The molecule has 1 heterocycles. The van der Waals surface area contributed by atoms with E-state index >= 15 is 0 Å². The number of rotatable bonds is 15. The minimum absolute atomic E-state index is 0.170. The van der Waals surface area contributed by atoms with Gasteiger partial charge in [0.15, 0.2) is 0 Å². The van der Waals surface area contributed by atoms with Crippen LogP contribution in [-0.4, -0.2) is 49.3 Å². The number of nitrogens with one attached hydrogen (secondary N) is 3. The molecule has 30 heavy (non-hydrogen) atoms. The first-order valence-electron chi connectivity index (χ1n) is 10.6. The summed E-state index contributed by atoms with van der Waals surface area (Å²) in [5, 5.41) is 12.1. The molecule has 0 radical (unpaired) electrons. The fourth-order valence-electron chi connectivity index (χ4n) is 3.06. The minimum atomic E-state index is -1.12. The van der Waals surface area contributed by atoms with Gasteiger partial charge in [-0.25, -0.2) is 4.79 Å². The average Bonchev–Trinajstić information content (AvgIpc) is 2.68. The monoisotopic (exact) mass is 441 g/mol. The second-order valence-electron chi connectivity index (χ2n) is 7.45. The van der Waals surface area contributed by atoms with Crippen LogP contribution >= 0.6 is 0 Å².